The number of nitrogens with zero attached hydrogens (tertiary/aromatic N) is 1. The van der Waals surface area contributed by atoms with Crippen molar-refractivity contribution < 1.29 is 13.9 Å². The zero-order chi connectivity index (χ0) is 19.0. The quantitative estimate of drug-likeness (QED) is 0.661. The first-order valence-electron chi connectivity index (χ1n) is 9.17. The Morgan fingerprint density at radius 2 is 2.04 bits per heavy atom. The van der Waals surface area contributed by atoms with Crippen LogP contribution < -0.4 is 15.3 Å². The number of anilines is 1. The van der Waals surface area contributed by atoms with E-state index in [-0.39, 0.29) is 5.91 Å². The minimum absolute atomic E-state index is 0.207. The molecule has 138 valence electrons. The Hall–Kier alpha value is -3.08. The maximum atomic E-state index is 13.6. The van der Waals surface area contributed by atoms with Crippen molar-refractivity contribution in [3.05, 3.63) is 69.6 Å². The van der Waals surface area contributed by atoms with Crippen LogP contribution in [-0.4, -0.2) is 19.6 Å². The summed E-state index contributed by atoms with van der Waals surface area (Å²) in [6, 6.07) is 13.0. The summed E-state index contributed by atoms with van der Waals surface area (Å²) in [6.07, 6.45) is 2.51. The Balaban J connectivity index is 1.95. The van der Waals surface area contributed by atoms with Gasteiger partial charge in [-0.2, -0.15) is 0 Å². The fourth-order valence-electron chi connectivity index (χ4n) is 3.82. The van der Waals surface area contributed by atoms with Gasteiger partial charge in [-0.15, -0.1) is 0 Å². The maximum absolute atomic E-state index is 13.6. The molecule has 27 heavy (non-hydrogen) atoms. The lowest BCUT2D eigenvalue weighted by molar-refractivity contribution is 0.0982. The van der Waals surface area contributed by atoms with Gasteiger partial charge in [0.1, 0.15) is 11.3 Å². The molecule has 4 rings (SSSR count). The van der Waals surface area contributed by atoms with Gasteiger partial charge in [0.05, 0.1) is 7.11 Å². The average molecular weight is 363 g/mol. The van der Waals surface area contributed by atoms with E-state index < -0.39 is 5.63 Å². The van der Waals surface area contributed by atoms with E-state index in [1.807, 2.05) is 37.3 Å². The highest BCUT2D eigenvalue weighted by Gasteiger charge is 2.28. The molecular formula is C22H21NO4. The Morgan fingerprint density at radius 1 is 1.22 bits per heavy atom. The summed E-state index contributed by atoms with van der Waals surface area (Å²) < 4.78 is 11.0. The third kappa shape index (κ3) is 2.89. The summed E-state index contributed by atoms with van der Waals surface area (Å²) >= 11 is 0. The van der Waals surface area contributed by atoms with Crippen molar-refractivity contribution in [3.63, 3.8) is 0 Å². The zero-order valence-corrected chi connectivity index (χ0v) is 15.5. The second kappa shape index (κ2) is 6.91. The molecule has 1 aliphatic heterocycles. The van der Waals surface area contributed by atoms with Gasteiger partial charge in [-0.3, -0.25) is 4.79 Å². The van der Waals surface area contributed by atoms with Gasteiger partial charge in [0, 0.05) is 23.7 Å². The van der Waals surface area contributed by atoms with Crippen LogP contribution >= 0.6 is 0 Å². The molecule has 0 N–H and O–H groups in total. The zero-order valence-electron chi connectivity index (χ0n) is 15.5. The minimum Gasteiger partial charge on any atom is -0.496 e. The molecule has 2 aromatic carbocycles. The molecule has 1 aromatic heterocycles. The molecule has 0 unspecified atom stereocenters. The van der Waals surface area contributed by atoms with E-state index >= 15 is 0 Å². The first-order valence-corrected chi connectivity index (χ1v) is 9.17. The summed E-state index contributed by atoms with van der Waals surface area (Å²) in [5, 5.41) is 0.770. The molecule has 5 nitrogen and oxygen atoms in total. The molecule has 0 aliphatic carbocycles. The smallest absolute Gasteiger partial charge is 0.336 e. The number of aryl methyl sites for hydroxylation is 2. The van der Waals surface area contributed by atoms with Crippen LogP contribution in [0, 0.1) is 0 Å². The lowest BCUT2D eigenvalue weighted by Crippen LogP contribution is -2.35. The highest BCUT2D eigenvalue weighted by Crippen LogP contribution is 2.34. The Labute approximate surface area is 157 Å². The van der Waals surface area contributed by atoms with Crippen LogP contribution in [0.4, 0.5) is 5.69 Å². The maximum Gasteiger partial charge on any atom is 0.336 e. The lowest BCUT2D eigenvalue weighted by Gasteiger charge is -2.30. The topological polar surface area (TPSA) is 59.8 Å². The van der Waals surface area contributed by atoms with E-state index in [0.29, 0.717) is 29.9 Å². The molecule has 1 amide bonds. The van der Waals surface area contributed by atoms with Crippen molar-refractivity contribution in [2.24, 2.45) is 0 Å². The van der Waals surface area contributed by atoms with Crippen molar-refractivity contribution in [1.29, 1.82) is 0 Å². The molecule has 0 saturated heterocycles. The number of benzene rings is 2. The molecule has 0 fully saturated rings. The van der Waals surface area contributed by atoms with Gasteiger partial charge in [0.25, 0.3) is 5.91 Å². The normalized spacial score (nSPS) is 13.5. The first kappa shape index (κ1) is 17.3. The van der Waals surface area contributed by atoms with Crippen molar-refractivity contribution in [1.82, 2.24) is 0 Å². The molecule has 3 aromatic rings. The van der Waals surface area contributed by atoms with E-state index in [4.69, 9.17) is 9.15 Å². The summed E-state index contributed by atoms with van der Waals surface area (Å²) in [7, 11) is 1.52. The summed E-state index contributed by atoms with van der Waals surface area (Å²) in [5.74, 6) is 0.202. The second-order valence-electron chi connectivity index (χ2n) is 6.65. The van der Waals surface area contributed by atoms with E-state index in [0.717, 1.165) is 35.0 Å². The number of methoxy groups -OCH3 is 1. The molecule has 0 bridgehead atoms. The van der Waals surface area contributed by atoms with Crippen LogP contribution in [0.2, 0.25) is 0 Å². The predicted molar refractivity (Wildman–Crippen MR) is 105 cm³/mol. The predicted octanol–water partition coefficient (Wildman–Crippen LogP) is 3.96. The number of hydrogen-bond acceptors (Lipinski definition) is 4. The Kier molecular flexibility index (Phi) is 4.44. The van der Waals surface area contributed by atoms with Gasteiger partial charge in [0.2, 0.25) is 0 Å². The molecule has 0 spiro atoms. The van der Waals surface area contributed by atoms with E-state index in [2.05, 4.69) is 0 Å². The molecule has 1 aliphatic rings. The van der Waals surface area contributed by atoms with Gasteiger partial charge in [0.15, 0.2) is 5.58 Å². The van der Waals surface area contributed by atoms with Crippen LogP contribution in [0.15, 0.2) is 51.7 Å². The third-order valence-corrected chi connectivity index (χ3v) is 5.13. The molecule has 0 saturated carbocycles. The molecule has 0 radical (unpaired) electrons. The van der Waals surface area contributed by atoms with Crippen molar-refractivity contribution in [3.8, 4) is 5.75 Å². The monoisotopic (exact) mass is 363 g/mol. The van der Waals surface area contributed by atoms with Gasteiger partial charge >= 0.3 is 5.63 Å². The largest absolute Gasteiger partial charge is 0.496 e. The SMILES string of the molecule is CCc1cc(=O)oc2c(C(=O)N3CCCc4ccccc43)c(OC)ccc12. The van der Waals surface area contributed by atoms with E-state index in [1.165, 1.54) is 13.2 Å². The van der Waals surface area contributed by atoms with Gasteiger partial charge in [-0.1, -0.05) is 25.1 Å². The number of fused-ring (bicyclic) bond motifs is 2. The lowest BCUT2D eigenvalue weighted by atomic mass is 9.99. The highest BCUT2D eigenvalue weighted by atomic mass is 16.5. The first-order chi connectivity index (χ1) is 13.1. The Bertz CT molecular complexity index is 1080. The van der Waals surface area contributed by atoms with Gasteiger partial charge < -0.3 is 14.1 Å². The fraction of sp³-hybridized carbons (Fsp3) is 0.273. The van der Waals surface area contributed by atoms with Crippen LogP contribution in [0.5, 0.6) is 5.75 Å². The van der Waals surface area contributed by atoms with Crippen molar-refractivity contribution in [2.75, 3.05) is 18.6 Å². The van der Waals surface area contributed by atoms with Crippen LogP contribution in [0.25, 0.3) is 11.0 Å². The van der Waals surface area contributed by atoms with E-state index in [1.54, 1.807) is 11.0 Å². The molecular weight excluding hydrogens is 342 g/mol. The standard InChI is InChI=1S/C22H21NO4/c1-3-14-13-19(24)27-21-16(14)10-11-18(26-2)20(21)22(25)23-12-6-8-15-7-4-5-9-17(15)23/h4-5,7,9-11,13H,3,6,8,12H2,1-2H3. The number of ether oxygens (including phenoxy) is 1. The van der Waals surface area contributed by atoms with Crippen LogP contribution in [0.3, 0.4) is 0 Å². The van der Waals surface area contributed by atoms with Gasteiger partial charge in [-0.25, -0.2) is 4.79 Å². The second-order valence-corrected chi connectivity index (χ2v) is 6.65. The van der Waals surface area contributed by atoms with Crippen molar-refractivity contribution >= 4 is 22.6 Å². The molecule has 0 atom stereocenters. The number of amides is 1. The number of carbonyl (C=O) groups excluding carboxylic acids is 1. The summed E-state index contributed by atoms with van der Waals surface area (Å²) in [4.78, 5) is 27.4. The number of carbonyl (C=O) groups is 1. The van der Waals surface area contributed by atoms with E-state index in [9.17, 15) is 9.59 Å². The third-order valence-electron chi connectivity index (χ3n) is 5.13. The Morgan fingerprint density at radius 3 is 2.81 bits per heavy atom. The summed E-state index contributed by atoms with van der Waals surface area (Å²) in [6.45, 7) is 2.59. The van der Waals surface area contributed by atoms with Crippen LogP contribution in [0.1, 0.15) is 34.8 Å². The number of rotatable bonds is 3. The average Bonchev–Trinajstić information content (AvgIpc) is 2.71. The molecule has 2 heterocycles. The highest BCUT2D eigenvalue weighted by molar-refractivity contribution is 6.15. The minimum atomic E-state index is -0.458. The van der Waals surface area contributed by atoms with Crippen molar-refractivity contribution in [2.45, 2.75) is 26.2 Å². The van der Waals surface area contributed by atoms with Crippen LogP contribution in [-0.2, 0) is 12.8 Å². The number of hydrogen-bond donors (Lipinski definition) is 0. The van der Waals surface area contributed by atoms with Gasteiger partial charge in [-0.05, 0) is 48.6 Å². The molecule has 5 heteroatoms. The fourth-order valence-corrected chi connectivity index (χ4v) is 3.82. The number of para-hydroxylation sites is 1. The summed E-state index contributed by atoms with van der Waals surface area (Å²) in [5.41, 5.74) is 3.05.